The molecule has 5 aromatic rings. The summed E-state index contributed by atoms with van der Waals surface area (Å²) in [5.74, 6) is 0. The molecule has 0 aliphatic rings. The molecule has 2 aromatic heterocycles. The summed E-state index contributed by atoms with van der Waals surface area (Å²) in [4.78, 5) is 8.99. The van der Waals surface area contributed by atoms with Crippen LogP contribution in [0.25, 0.3) is 33.5 Å². The van der Waals surface area contributed by atoms with Crippen molar-refractivity contribution >= 4 is 0 Å². The molecular formula is C30H22N2Pt. The monoisotopic (exact) mass is 605 g/mol. The summed E-state index contributed by atoms with van der Waals surface area (Å²) in [5, 5.41) is 0. The van der Waals surface area contributed by atoms with Gasteiger partial charge in [-0.05, 0) is 36.6 Å². The molecule has 2 heterocycles. The zero-order valence-electron chi connectivity index (χ0n) is 18.0. The molecule has 2 nitrogen and oxygen atoms in total. The molecule has 0 spiro atoms. The summed E-state index contributed by atoms with van der Waals surface area (Å²) in [6.07, 6.45) is 5.46. The first kappa shape index (κ1) is 22.8. The van der Waals surface area contributed by atoms with Crippen LogP contribution in [-0.2, 0) is 33.9 Å². The SMILES string of the molecule is [Pt+2].[c-]1c(CCc2ccccn2)cccc1-c1[c-]c(-c2ccccn2)cc(-c2ccccc2)c1. The normalized spacial score (nSPS) is 10.4. The van der Waals surface area contributed by atoms with Crippen molar-refractivity contribution in [2.45, 2.75) is 12.8 Å². The van der Waals surface area contributed by atoms with Gasteiger partial charge in [0.05, 0.1) is 0 Å². The Bertz CT molecular complexity index is 1250. The first-order chi connectivity index (χ1) is 15.8. The van der Waals surface area contributed by atoms with E-state index in [1.54, 1.807) is 0 Å². The molecule has 3 heteroatoms. The van der Waals surface area contributed by atoms with Crippen molar-refractivity contribution in [1.29, 1.82) is 0 Å². The fourth-order valence-electron chi connectivity index (χ4n) is 3.80. The van der Waals surface area contributed by atoms with Crippen LogP contribution in [0.5, 0.6) is 0 Å². The third-order valence-electron chi connectivity index (χ3n) is 5.44. The maximum absolute atomic E-state index is 4.55. The minimum absolute atomic E-state index is 0. The quantitative estimate of drug-likeness (QED) is 0.198. The molecular weight excluding hydrogens is 583 g/mol. The number of hydrogen-bond acceptors (Lipinski definition) is 2. The molecule has 0 aliphatic carbocycles. The van der Waals surface area contributed by atoms with E-state index in [0.29, 0.717) is 0 Å². The number of pyridine rings is 2. The first-order valence-corrected chi connectivity index (χ1v) is 10.8. The van der Waals surface area contributed by atoms with Gasteiger partial charge >= 0.3 is 21.1 Å². The van der Waals surface area contributed by atoms with Gasteiger partial charge in [-0.2, -0.15) is 35.9 Å². The minimum Gasteiger partial charge on any atom is -0.295 e. The molecule has 0 atom stereocenters. The Balaban J connectivity index is 0.00000259. The molecule has 0 bridgehead atoms. The molecule has 0 fully saturated rings. The van der Waals surface area contributed by atoms with Gasteiger partial charge in [-0.25, -0.2) is 5.56 Å². The van der Waals surface area contributed by atoms with Gasteiger partial charge in [0.25, 0.3) is 0 Å². The van der Waals surface area contributed by atoms with Crippen molar-refractivity contribution in [2.24, 2.45) is 0 Å². The van der Waals surface area contributed by atoms with E-state index in [9.17, 15) is 0 Å². The van der Waals surface area contributed by atoms with E-state index in [1.165, 1.54) is 11.1 Å². The molecule has 0 saturated carbocycles. The minimum atomic E-state index is 0. The van der Waals surface area contributed by atoms with Gasteiger partial charge in [0, 0.05) is 23.8 Å². The third kappa shape index (κ3) is 5.72. The second-order valence-corrected chi connectivity index (χ2v) is 7.69. The Morgan fingerprint density at radius 3 is 2.06 bits per heavy atom. The van der Waals surface area contributed by atoms with Crippen LogP contribution in [0.1, 0.15) is 11.3 Å². The summed E-state index contributed by atoms with van der Waals surface area (Å²) >= 11 is 0. The van der Waals surface area contributed by atoms with Gasteiger partial charge in [0.2, 0.25) is 0 Å². The van der Waals surface area contributed by atoms with Gasteiger partial charge in [-0.3, -0.25) is 9.97 Å². The Labute approximate surface area is 209 Å². The molecule has 0 N–H and O–H groups in total. The molecule has 33 heavy (non-hydrogen) atoms. The summed E-state index contributed by atoms with van der Waals surface area (Å²) in [5.41, 5.74) is 8.54. The number of benzene rings is 3. The van der Waals surface area contributed by atoms with Gasteiger partial charge < -0.3 is 0 Å². The second kappa shape index (κ2) is 11.0. The summed E-state index contributed by atoms with van der Waals surface area (Å²) in [7, 11) is 0. The van der Waals surface area contributed by atoms with E-state index in [1.807, 2.05) is 48.8 Å². The summed E-state index contributed by atoms with van der Waals surface area (Å²) in [6, 6.07) is 40.3. The van der Waals surface area contributed by atoms with Crippen LogP contribution < -0.4 is 0 Å². The number of rotatable bonds is 6. The average molecular weight is 606 g/mol. The Morgan fingerprint density at radius 2 is 1.30 bits per heavy atom. The molecule has 0 amide bonds. The zero-order chi connectivity index (χ0) is 21.6. The van der Waals surface area contributed by atoms with Crippen molar-refractivity contribution in [3.8, 4) is 33.5 Å². The van der Waals surface area contributed by atoms with Gasteiger partial charge in [-0.15, -0.1) is 23.3 Å². The number of aromatic nitrogens is 2. The smallest absolute Gasteiger partial charge is 0.295 e. The van der Waals surface area contributed by atoms with Crippen LogP contribution in [0.2, 0.25) is 0 Å². The maximum atomic E-state index is 4.55. The van der Waals surface area contributed by atoms with Crippen LogP contribution in [0.3, 0.4) is 0 Å². The van der Waals surface area contributed by atoms with Crippen LogP contribution in [0.15, 0.2) is 109 Å². The number of nitrogens with zero attached hydrogens (tertiary/aromatic N) is 2. The van der Waals surface area contributed by atoms with Crippen LogP contribution in [-0.4, -0.2) is 9.97 Å². The molecule has 3 aromatic carbocycles. The van der Waals surface area contributed by atoms with E-state index < -0.39 is 0 Å². The maximum Gasteiger partial charge on any atom is 2.00 e. The summed E-state index contributed by atoms with van der Waals surface area (Å²) in [6.45, 7) is 0. The van der Waals surface area contributed by atoms with Crippen molar-refractivity contribution in [1.82, 2.24) is 9.97 Å². The molecule has 162 valence electrons. The van der Waals surface area contributed by atoms with Crippen molar-refractivity contribution in [2.75, 3.05) is 0 Å². The standard InChI is InChI=1S/C30H22N2.Pt/c1-2-10-24(11-3-1)26-20-27(22-28(21-26)30-14-5-7-18-32-30)25-12-8-9-23(19-25)15-16-29-13-4-6-17-31-29;/h1-14,17-18,20-21H,15-16H2;/q-2;+2. The van der Waals surface area contributed by atoms with Gasteiger partial charge in [0.1, 0.15) is 0 Å². The molecule has 0 saturated heterocycles. The van der Waals surface area contributed by atoms with E-state index in [0.717, 1.165) is 46.5 Å². The number of aryl methyl sites for hydroxylation is 2. The average Bonchev–Trinajstić information content (AvgIpc) is 2.89. The van der Waals surface area contributed by atoms with Crippen molar-refractivity contribution in [3.63, 3.8) is 0 Å². The third-order valence-corrected chi connectivity index (χ3v) is 5.44. The Kier molecular flexibility index (Phi) is 7.60. The fraction of sp³-hybridized carbons (Fsp3) is 0.0667. The Morgan fingerprint density at radius 1 is 0.545 bits per heavy atom. The van der Waals surface area contributed by atoms with E-state index >= 15 is 0 Å². The summed E-state index contributed by atoms with van der Waals surface area (Å²) < 4.78 is 0. The Hall–Kier alpha value is -3.35. The van der Waals surface area contributed by atoms with Crippen LogP contribution in [0, 0.1) is 12.1 Å². The topological polar surface area (TPSA) is 25.8 Å². The first-order valence-electron chi connectivity index (χ1n) is 10.8. The van der Waals surface area contributed by atoms with E-state index in [-0.39, 0.29) is 21.1 Å². The fourth-order valence-corrected chi connectivity index (χ4v) is 3.80. The van der Waals surface area contributed by atoms with Gasteiger partial charge in [0.15, 0.2) is 0 Å². The van der Waals surface area contributed by atoms with Crippen LogP contribution >= 0.6 is 0 Å². The number of hydrogen-bond donors (Lipinski definition) is 0. The largest absolute Gasteiger partial charge is 2.00 e. The van der Waals surface area contributed by atoms with E-state index in [4.69, 9.17) is 0 Å². The molecule has 5 rings (SSSR count). The van der Waals surface area contributed by atoms with Gasteiger partial charge in [-0.1, -0.05) is 54.1 Å². The van der Waals surface area contributed by atoms with E-state index in [2.05, 4.69) is 82.8 Å². The molecule has 0 radical (unpaired) electrons. The molecule has 0 unspecified atom stereocenters. The second-order valence-electron chi connectivity index (χ2n) is 7.69. The van der Waals surface area contributed by atoms with Crippen molar-refractivity contribution in [3.05, 3.63) is 133 Å². The molecule has 0 aliphatic heterocycles. The predicted octanol–water partition coefficient (Wildman–Crippen LogP) is 6.86. The van der Waals surface area contributed by atoms with Crippen molar-refractivity contribution < 1.29 is 21.1 Å². The zero-order valence-corrected chi connectivity index (χ0v) is 20.3. The van der Waals surface area contributed by atoms with Crippen LogP contribution in [0.4, 0.5) is 0 Å². The predicted molar refractivity (Wildman–Crippen MR) is 130 cm³/mol.